The van der Waals surface area contributed by atoms with Crippen molar-refractivity contribution in [3.8, 4) is 0 Å². The molecule has 2 aromatic carbocycles. The highest BCUT2D eigenvalue weighted by atomic mass is 32.2. The van der Waals surface area contributed by atoms with Gasteiger partial charge in [-0.25, -0.2) is 13.2 Å². The van der Waals surface area contributed by atoms with Crippen LogP contribution in [0.2, 0.25) is 0 Å². The van der Waals surface area contributed by atoms with Crippen molar-refractivity contribution < 1.29 is 18.3 Å². The van der Waals surface area contributed by atoms with Crippen LogP contribution in [0.25, 0.3) is 0 Å². The second-order valence-electron chi connectivity index (χ2n) is 3.67. The number of carbonyl (C=O) groups is 1. The van der Waals surface area contributed by atoms with Crippen molar-refractivity contribution in [1.29, 1.82) is 0 Å². The van der Waals surface area contributed by atoms with Crippen LogP contribution in [-0.4, -0.2) is 19.5 Å². The average Bonchev–Trinajstić information content (AvgIpc) is 2.49. The van der Waals surface area contributed by atoms with Gasteiger partial charge in [-0.1, -0.05) is 43.0 Å². The van der Waals surface area contributed by atoms with Crippen LogP contribution in [0, 0.1) is 0 Å². The molecule has 0 saturated heterocycles. The first kappa shape index (κ1) is 15.7. The van der Waals surface area contributed by atoms with E-state index in [9.17, 15) is 13.2 Å². The smallest absolute Gasteiger partial charge is 0.327 e. The van der Waals surface area contributed by atoms with Crippen molar-refractivity contribution >= 4 is 15.8 Å². The zero-order chi connectivity index (χ0) is 15.0. The van der Waals surface area contributed by atoms with Gasteiger partial charge in [0.05, 0.1) is 9.79 Å². The number of hydrogen-bond acceptors (Lipinski definition) is 3. The summed E-state index contributed by atoms with van der Waals surface area (Å²) in [6, 6.07) is 16.9. The lowest BCUT2D eigenvalue weighted by molar-refractivity contribution is -0.131. The minimum absolute atomic E-state index is 0.330. The minimum atomic E-state index is -3.34. The van der Waals surface area contributed by atoms with Gasteiger partial charge in [0.15, 0.2) is 0 Å². The molecule has 0 amide bonds. The summed E-state index contributed by atoms with van der Waals surface area (Å²) in [6.45, 7) is 2.96. The Bertz CT molecular complexity index is 616. The van der Waals surface area contributed by atoms with Crippen LogP contribution in [0.5, 0.6) is 0 Å². The fourth-order valence-corrected chi connectivity index (χ4v) is 2.64. The Morgan fingerprint density at radius 2 is 1.20 bits per heavy atom. The lowest BCUT2D eigenvalue weighted by Gasteiger charge is -2.03. The molecule has 0 aliphatic carbocycles. The SMILES string of the molecule is C=CC(=O)O.O=S(=O)(c1ccccc1)c1ccccc1. The molecule has 0 radical (unpaired) electrons. The molecule has 5 heteroatoms. The highest BCUT2D eigenvalue weighted by Gasteiger charge is 2.15. The zero-order valence-electron chi connectivity index (χ0n) is 10.6. The molecule has 0 atom stereocenters. The van der Waals surface area contributed by atoms with Gasteiger partial charge < -0.3 is 5.11 Å². The summed E-state index contributed by atoms with van der Waals surface area (Å²) in [7, 11) is -3.34. The topological polar surface area (TPSA) is 71.4 Å². The first-order valence-corrected chi connectivity index (χ1v) is 7.17. The van der Waals surface area contributed by atoms with Gasteiger partial charge in [0.1, 0.15) is 0 Å². The van der Waals surface area contributed by atoms with Crippen molar-refractivity contribution in [2.24, 2.45) is 0 Å². The zero-order valence-corrected chi connectivity index (χ0v) is 11.5. The second-order valence-corrected chi connectivity index (χ2v) is 5.62. The van der Waals surface area contributed by atoms with E-state index in [2.05, 4.69) is 6.58 Å². The van der Waals surface area contributed by atoms with Crippen LogP contribution in [-0.2, 0) is 14.6 Å². The summed E-state index contributed by atoms with van der Waals surface area (Å²) in [5, 5.41) is 7.60. The summed E-state index contributed by atoms with van der Waals surface area (Å²) < 4.78 is 24.1. The van der Waals surface area contributed by atoms with E-state index in [-0.39, 0.29) is 0 Å². The Morgan fingerprint density at radius 3 is 1.45 bits per heavy atom. The van der Waals surface area contributed by atoms with Crippen LogP contribution in [0.15, 0.2) is 83.1 Å². The lowest BCUT2D eigenvalue weighted by Crippen LogP contribution is -2.00. The maximum absolute atomic E-state index is 12.0. The van der Waals surface area contributed by atoms with Gasteiger partial charge in [-0.3, -0.25) is 0 Å². The number of carboxylic acid groups (broad SMARTS) is 1. The fraction of sp³-hybridized carbons (Fsp3) is 0. The van der Waals surface area contributed by atoms with E-state index in [4.69, 9.17) is 5.11 Å². The number of hydrogen-bond donors (Lipinski definition) is 1. The predicted octanol–water partition coefficient (Wildman–Crippen LogP) is 2.78. The number of aliphatic carboxylic acids is 1. The summed E-state index contributed by atoms with van der Waals surface area (Å²) in [6.07, 6.45) is 0.833. The van der Waals surface area contributed by atoms with Crippen molar-refractivity contribution in [3.05, 3.63) is 73.3 Å². The molecule has 2 aromatic rings. The highest BCUT2D eigenvalue weighted by molar-refractivity contribution is 7.91. The molecule has 0 saturated carbocycles. The van der Waals surface area contributed by atoms with E-state index in [0.29, 0.717) is 9.79 Å². The molecular weight excluding hydrogens is 276 g/mol. The summed E-state index contributed by atoms with van der Waals surface area (Å²) in [5.74, 6) is -0.981. The number of benzene rings is 2. The molecule has 0 spiro atoms. The molecule has 0 aromatic heterocycles. The van der Waals surface area contributed by atoms with Gasteiger partial charge in [-0.05, 0) is 24.3 Å². The van der Waals surface area contributed by atoms with Gasteiger partial charge in [0.2, 0.25) is 9.84 Å². The van der Waals surface area contributed by atoms with E-state index in [1.165, 1.54) is 0 Å². The Hall–Kier alpha value is -2.40. The number of sulfone groups is 1. The van der Waals surface area contributed by atoms with Crippen LogP contribution < -0.4 is 0 Å². The first-order valence-electron chi connectivity index (χ1n) is 5.69. The van der Waals surface area contributed by atoms with Crippen molar-refractivity contribution in [3.63, 3.8) is 0 Å². The molecule has 0 unspecified atom stereocenters. The Balaban J connectivity index is 0.000000347. The normalized spacial score (nSPS) is 10.0. The number of rotatable bonds is 3. The predicted molar refractivity (Wildman–Crippen MR) is 76.2 cm³/mol. The molecular formula is C15H14O4S. The van der Waals surface area contributed by atoms with Crippen LogP contribution in [0.4, 0.5) is 0 Å². The monoisotopic (exact) mass is 290 g/mol. The Labute approximate surface area is 117 Å². The first-order chi connectivity index (χ1) is 9.48. The van der Waals surface area contributed by atoms with Crippen LogP contribution >= 0.6 is 0 Å². The van der Waals surface area contributed by atoms with Gasteiger partial charge in [-0.2, -0.15) is 0 Å². The summed E-state index contributed by atoms with van der Waals surface area (Å²) in [4.78, 5) is 9.91. The van der Waals surface area contributed by atoms with Gasteiger partial charge in [0, 0.05) is 6.08 Å². The van der Waals surface area contributed by atoms with E-state index < -0.39 is 15.8 Å². The molecule has 20 heavy (non-hydrogen) atoms. The maximum atomic E-state index is 12.0. The standard InChI is InChI=1S/C12H10O2S.C3H4O2/c13-15(14,11-7-3-1-4-8-11)12-9-5-2-6-10-12;1-2-3(4)5/h1-10H;2H,1H2,(H,4,5). The highest BCUT2D eigenvalue weighted by Crippen LogP contribution is 2.19. The van der Waals surface area contributed by atoms with E-state index in [1.54, 1.807) is 60.7 Å². The van der Waals surface area contributed by atoms with Crippen molar-refractivity contribution in [2.75, 3.05) is 0 Å². The molecule has 0 fully saturated rings. The molecule has 0 bridgehead atoms. The molecule has 1 N–H and O–H groups in total. The average molecular weight is 290 g/mol. The summed E-state index contributed by atoms with van der Waals surface area (Å²) >= 11 is 0. The molecule has 104 valence electrons. The van der Waals surface area contributed by atoms with Crippen molar-refractivity contribution in [1.82, 2.24) is 0 Å². The van der Waals surface area contributed by atoms with Gasteiger partial charge >= 0.3 is 5.97 Å². The van der Waals surface area contributed by atoms with E-state index in [0.717, 1.165) is 6.08 Å². The Kier molecular flexibility index (Phi) is 5.68. The third kappa shape index (κ3) is 4.37. The molecule has 0 aliphatic rings. The van der Waals surface area contributed by atoms with Crippen LogP contribution in [0.3, 0.4) is 0 Å². The van der Waals surface area contributed by atoms with E-state index >= 15 is 0 Å². The minimum Gasteiger partial charge on any atom is -0.478 e. The molecule has 2 rings (SSSR count). The lowest BCUT2D eigenvalue weighted by atomic mass is 10.4. The molecule has 4 nitrogen and oxygen atoms in total. The molecule has 0 heterocycles. The van der Waals surface area contributed by atoms with Gasteiger partial charge in [-0.15, -0.1) is 0 Å². The van der Waals surface area contributed by atoms with E-state index in [1.807, 2.05) is 0 Å². The molecule has 0 aliphatic heterocycles. The Morgan fingerprint density at radius 1 is 0.900 bits per heavy atom. The second kappa shape index (κ2) is 7.25. The van der Waals surface area contributed by atoms with Gasteiger partial charge in [0.25, 0.3) is 0 Å². The fourth-order valence-electron chi connectivity index (χ4n) is 1.34. The third-order valence-electron chi connectivity index (χ3n) is 2.28. The quantitative estimate of drug-likeness (QED) is 0.882. The maximum Gasteiger partial charge on any atom is 0.327 e. The summed E-state index contributed by atoms with van der Waals surface area (Å²) in [5.41, 5.74) is 0. The van der Waals surface area contributed by atoms with Crippen LogP contribution in [0.1, 0.15) is 0 Å². The third-order valence-corrected chi connectivity index (χ3v) is 4.07. The largest absolute Gasteiger partial charge is 0.478 e. The number of carboxylic acids is 1. The van der Waals surface area contributed by atoms with Crippen molar-refractivity contribution in [2.45, 2.75) is 9.79 Å².